The van der Waals surface area contributed by atoms with Crippen molar-refractivity contribution in [2.45, 2.75) is 25.2 Å². The van der Waals surface area contributed by atoms with Crippen LogP contribution in [0.2, 0.25) is 0 Å². The number of nitrogens with one attached hydrogen (secondary N) is 1. The van der Waals surface area contributed by atoms with E-state index in [0.717, 1.165) is 4.88 Å². The SMILES string of the molecule is CC(CO)(CO)NCC(O)COCc1cccs1. The summed E-state index contributed by atoms with van der Waals surface area (Å²) in [5, 5.41) is 32.7. The minimum absolute atomic E-state index is 0.188. The second kappa shape index (κ2) is 7.83. The summed E-state index contributed by atoms with van der Waals surface area (Å²) in [6, 6.07) is 3.93. The Hall–Kier alpha value is -0.500. The smallest absolute Gasteiger partial charge is 0.0898 e. The number of hydrogen-bond donors (Lipinski definition) is 4. The van der Waals surface area contributed by atoms with Gasteiger partial charge in [-0.2, -0.15) is 0 Å². The van der Waals surface area contributed by atoms with E-state index in [-0.39, 0.29) is 26.4 Å². The van der Waals surface area contributed by atoms with Gasteiger partial charge in [-0.25, -0.2) is 0 Å². The molecule has 0 aliphatic heterocycles. The fourth-order valence-electron chi connectivity index (χ4n) is 1.28. The average molecular weight is 275 g/mol. The van der Waals surface area contributed by atoms with Crippen LogP contribution in [0, 0.1) is 0 Å². The summed E-state index contributed by atoms with van der Waals surface area (Å²) in [4.78, 5) is 1.12. The Morgan fingerprint density at radius 3 is 2.72 bits per heavy atom. The molecule has 0 aromatic carbocycles. The van der Waals surface area contributed by atoms with Crippen molar-refractivity contribution in [3.05, 3.63) is 22.4 Å². The molecule has 1 rings (SSSR count). The number of aliphatic hydroxyl groups excluding tert-OH is 3. The molecule has 1 aromatic rings. The molecule has 0 fully saturated rings. The van der Waals surface area contributed by atoms with Gasteiger partial charge in [0.15, 0.2) is 0 Å². The molecule has 104 valence electrons. The van der Waals surface area contributed by atoms with Gasteiger partial charge in [-0.1, -0.05) is 6.07 Å². The molecule has 5 nitrogen and oxygen atoms in total. The molecule has 0 saturated heterocycles. The molecule has 0 amide bonds. The van der Waals surface area contributed by atoms with Gasteiger partial charge in [-0.05, 0) is 18.4 Å². The summed E-state index contributed by atoms with van der Waals surface area (Å²) in [7, 11) is 0. The zero-order valence-corrected chi connectivity index (χ0v) is 11.3. The van der Waals surface area contributed by atoms with Crippen LogP contribution in [0.15, 0.2) is 17.5 Å². The predicted molar refractivity (Wildman–Crippen MR) is 70.6 cm³/mol. The summed E-state index contributed by atoms with van der Waals surface area (Å²) in [5.74, 6) is 0. The first-order valence-electron chi connectivity index (χ1n) is 5.84. The zero-order valence-electron chi connectivity index (χ0n) is 10.5. The molecule has 1 aromatic heterocycles. The Morgan fingerprint density at radius 2 is 2.17 bits per heavy atom. The summed E-state index contributed by atoms with van der Waals surface area (Å²) >= 11 is 1.61. The van der Waals surface area contributed by atoms with Crippen molar-refractivity contribution in [3.8, 4) is 0 Å². The Morgan fingerprint density at radius 1 is 1.44 bits per heavy atom. The van der Waals surface area contributed by atoms with Gasteiger partial charge < -0.3 is 25.4 Å². The van der Waals surface area contributed by atoms with Crippen LogP contribution >= 0.6 is 11.3 Å². The van der Waals surface area contributed by atoms with Crippen molar-refractivity contribution in [2.75, 3.05) is 26.4 Å². The van der Waals surface area contributed by atoms with Crippen LogP contribution in [0.5, 0.6) is 0 Å². The first kappa shape index (κ1) is 15.6. The third-order valence-corrected chi connectivity index (χ3v) is 3.45. The Kier molecular flexibility index (Phi) is 6.77. The van der Waals surface area contributed by atoms with E-state index in [9.17, 15) is 5.11 Å². The van der Waals surface area contributed by atoms with Crippen molar-refractivity contribution in [1.82, 2.24) is 5.32 Å². The maximum Gasteiger partial charge on any atom is 0.0898 e. The van der Waals surface area contributed by atoms with Gasteiger partial charge in [0, 0.05) is 11.4 Å². The highest BCUT2D eigenvalue weighted by molar-refractivity contribution is 7.09. The topological polar surface area (TPSA) is 82.0 Å². The van der Waals surface area contributed by atoms with E-state index >= 15 is 0 Å². The van der Waals surface area contributed by atoms with Gasteiger partial charge in [0.25, 0.3) is 0 Å². The van der Waals surface area contributed by atoms with Crippen LogP contribution in [-0.4, -0.2) is 53.3 Å². The predicted octanol–water partition coefficient (Wildman–Crippen LogP) is -0.0415. The van der Waals surface area contributed by atoms with Crippen LogP contribution in [0.1, 0.15) is 11.8 Å². The molecule has 1 unspecified atom stereocenters. The van der Waals surface area contributed by atoms with Crippen molar-refractivity contribution in [3.63, 3.8) is 0 Å². The van der Waals surface area contributed by atoms with Crippen molar-refractivity contribution in [2.24, 2.45) is 0 Å². The number of aliphatic hydroxyl groups is 3. The van der Waals surface area contributed by atoms with Gasteiger partial charge in [-0.15, -0.1) is 11.3 Å². The number of rotatable bonds is 9. The fraction of sp³-hybridized carbons (Fsp3) is 0.667. The summed E-state index contributed by atoms with van der Waals surface area (Å²) in [5.41, 5.74) is -0.769. The van der Waals surface area contributed by atoms with Crippen LogP contribution in [0.4, 0.5) is 0 Å². The molecular formula is C12H21NO4S. The highest BCUT2D eigenvalue weighted by Crippen LogP contribution is 2.09. The minimum atomic E-state index is -0.769. The second-order valence-electron chi connectivity index (χ2n) is 4.51. The number of hydrogen-bond acceptors (Lipinski definition) is 6. The van der Waals surface area contributed by atoms with Crippen LogP contribution < -0.4 is 5.32 Å². The van der Waals surface area contributed by atoms with Crippen LogP contribution in [0.25, 0.3) is 0 Å². The maximum absolute atomic E-state index is 9.68. The quantitative estimate of drug-likeness (QED) is 0.508. The largest absolute Gasteiger partial charge is 0.394 e. The number of ether oxygens (including phenoxy) is 1. The van der Waals surface area contributed by atoms with E-state index in [1.165, 1.54) is 0 Å². The molecule has 0 radical (unpaired) electrons. The maximum atomic E-state index is 9.68. The molecule has 4 N–H and O–H groups in total. The lowest BCUT2D eigenvalue weighted by molar-refractivity contribution is 0.0190. The third-order valence-electron chi connectivity index (χ3n) is 2.60. The highest BCUT2D eigenvalue weighted by Gasteiger charge is 2.22. The van der Waals surface area contributed by atoms with Crippen molar-refractivity contribution in [1.29, 1.82) is 0 Å². The van der Waals surface area contributed by atoms with Gasteiger partial charge >= 0.3 is 0 Å². The van der Waals surface area contributed by atoms with E-state index in [2.05, 4.69) is 5.32 Å². The van der Waals surface area contributed by atoms with Crippen LogP contribution in [-0.2, 0) is 11.3 Å². The molecule has 0 saturated carbocycles. The standard InChI is InChI=1S/C12H21NO4S/c1-12(8-14,9-15)13-5-10(16)6-17-7-11-3-2-4-18-11/h2-4,10,13-16H,5-9H2,1H3. The summed E-state index contributed by atoms with van der Waals surface area (Å²) in [6.45, 7) is 2.29. The Labute approximate surface area is 111 Å². The third kappa shape index (κ3) is 5.43. The molecule has 18 heavy (non-hydrogen) atoms. The molecule has 0 aliphatic carbocycles. The lowest BCUT2D eigenvalue weighted by Gasteiger charge is -2.27. The van der Waals surface area contributed by atoms with Gasteiger partial charge in [0.1, 0.15) is 0 Å². The Balaban J connectivity index is 2.15. The summed E-state index contributed by atoms with van der Waals surface area (Å²) in [6.07, 6.45) is -0.664. The molecular weight excluding hydrogens is 254 g/mol. The molecule has 6 heteroatoms. The van der Waals surface area contributed by atoms with Gasteiger partial charge in [0.2, 0.25) is 0 Å². The van der Waals surface area contributed by atoms with Crippen molar-refractivity contribution < 1.29 is 20.1 Å². The molecule has 1 atom stereocenters. The molecule has 1 heterocycles. The fourth-order valence-corrected chi connectivity index (χ4v) is 1.92. The first-order valence-corrected chi connectivity index (χ1v) is 6.72. The monoisotopic (exact) mass is 275 g/mol. The van der Waals surface area contributed by atoms with Crippen LogP contribution in [0.3, 0.4) is 0 Å². The lowest BCUT2D eigenvalue weighted by Crippen LogP contribution is -2.51. The molecule has 0 spiro atoms. The van der Waals surface area contributed by atoms with Crippen molar-refractivity contribution >= 4 is 11.3 Å². The first-order chi connectivity index (χ1) is 8.59. The summed E-state index contributed by atoms with van der Waals surface area (Å²) < 4.78 is 5.37. The number of β-amino-alcohol motifs (C(OH)–C–C–N with tert-alkyl or cyclic N) is 1. The average Bonchev–Trinajstić information content (AvgIpc) is 2.89. The molecule has 0 aliphatic rings. The van der Waals surface area contributed by atoms with Gasteiger partial charge in [0.05, 0.1) is 38.1 Å². The lowest BCUT2D eigenvalue weighted by atomic mass is 10.1. The normalized spacial score (nSPS) is 13.8. The van der Waals surface area contributed by atoms with E-state index < -0.39 is 11.6 Å². The molecule has 0 bridgehead atoms. The van der Waals surface area contributed by atoms with Gasteiger partial charge in [-0.3, -0.25) is 0 Å². The second-order valence-corrected chi connectivity index (χ2v) is 5.54. The zero-order chi connectivity index (χ0) is 13.4. The minimum Gasteiger partial charge on any atom is -0.394 e. The Bertz CT molecular complexity index is 314. The van der Waals surface area contributed by atoms with E-state index in [1.807, 2.05) is 17.5 Å². The number of thiophene rings is 1. The van der Waals surface area contributed by atoms with E-state index in [1.54, 1.807) is 18.3 Å². The highest BCUT2D eigenvalue weighted by atomic mass is 32.1. The van der Waals surface area contributed by atoms with E-state index in [4.69, 9.17) is 14.9 Å². The van der Waals surface area contributed by atoms with E-state index in [0.29, 0.717) is 6.61 Å².